The Labute approximate surface area is 151 Å². The van der Waals surface area contributed by atoms with Crippen LogP contribution in [0.2, 0.25) is 0 Å². The standard InChI is InChI=1S/C15H23N3O5S2/c1-23-9-4-7-16-14(19)15(20)17-11-12-5-2-8-18(12)25(21,22)13-6-3-10-24-13/h3,6,10,12H,2,4-5,7-9,11H2,1H3,(H,16,19)(H,17,20)/t12-/m0/s1. The van der Waals surface area contributed by atoms with E-state index >= 15 is 0 Å². The van der Waals surface area contributed by atoms with Gasteiger partial charge in [-0.15, -0.1) is 11.3 Å². The molecule has 25 heavy (non-hydrogen) atoms. The number of hydrogen-bond acceptors (Lipinski definition) is 6. The van der Waals surface area contributed by atoms with E-state index in [4.69, 9.17) is 4.74 Å². The van der Waals surface area contributed by atoms with E-state index in [-0.39, 0.29) is 12.6 Å². The molecule has 1 aliphatic rings. The Kier molecular flexibility index (Phi) is 7.36. The molecule has 0 spiro atoms. The van der Waals surface area contributed by atoms with E-state index in [1.165, 1.54) is 15.6 Å². The number of thiophene rings is 1. The highest BCUT2D eigenvalue weighted by Gasteiger charge is 2.36. The lowest BCUT2D eigenvalue weighted by Gasteiger charge is -2.23. The Balaban J connectivity index is 1.85. The van der Waals surface area contributed by atoms with Crippen molar-refractivity contribution in [2.24, 2.45) is 0 Å². The van der Waals surface area contributed by atoms with E-state index in [0.29, 0.717) is 36.7 Å². The highest BCUT2D eigenvalue weighted by atomic mass is 32.2. The normalized spacial score (nSPS) is 18.2. The van der Waals surface area contributed by atoms with E-state index < -0.39 is 21.8 Å². The van der Waals surface area contributed by atoms with Crippen LogP contribution in [0.4, 0.5) is 0 Å². The molecule has 1 aromatic heterocycles. The molecule has 2 N–H and O–H groups in total. The fraction of sp³-hybridized carbons (Fsp3) is 0.600. The predicted molar refractivity (Wildman–Crippen MR) is 93.7 cm³/mol. The average molecular weight is 389 g/mol. The summed E-state index contributed by atoms with van der Waals surface area (Å²) in [6.07, 6.45) is 2.00. The van der Waals surface area contributed by atoms with Gasteiger partial charge < -0.3 is 15.4 Å². The van der Waals surface area contributed by atoms with Gasteiger partial charge in [-0.2, -0.15) is 4.31 Å². The third-order valence-electron chi connectivity index (χ3n) is 3.90. The van der Waals surface area contributed by atoms with Crippen molar-refractivity contribution in [2.75, 3.05) is 33.4 Å². The first-order chi connectivity index (χ1) is 12.0. The van der Waals surface area contributed by atoms with Gasteiger partial charge in [0.25, 0.3) is 10.0 Å². The molecule has 2 rings (SSSR count). The van der Waals surface area contributed by atoms with Gasteiger partial charge >= 0.3 is 11.8 Å². The number of rotatable bonds is 8. The molecule has 8 nitrogen and oxygen atoms in total. The van der Waals surface area contributed by atoms with Gasteiger partial charge in [0.2, 0.25) is 0 Å². The van der Waals surface area contributed by atoms with Crippen molar-refractivity contribution in [1.29, 1.82) is 0 Å². The lowest BCUT2D eigenvalue weighted by molar-refractivity contribution is -0.139. The molecule has 0 bridgehead atoms. The van der Waals surface area contributed by atoms with Crippen molar-refractivity contribution in [1.82, 2.24) is 14.9 Å². The second kappa shape index (κ2) is 9.27. The molecule has 2 amide bonds. The molecule has 0 aliphatic carbocycles. The van der Waals surface area contributed by atoms with Crippen LogP contribution in [0.15, 0.2) is 21.7 Å². The van der Waals surface area contributed by atoms with Crippen LogP contribution >= 0.6 is 11.3 Å². The summed E-state index contributed by atoms with van der Waals surface area (Å²) in [5.41, 5.74) is 0. The molecular weight excluding hydrogens is 366 g/mol. The van der Waals surface area contributed by atoms with Gasteiger partial charge in [-0.3, -0.25) is 9.59 Å². The monoisotopic (exact) mass is 389 g/mol. The molecule has 0 unspecified atom stereocenters. The van der Waals surface area contributed by atoms with Gasteiger partial charge in [0.05, 0.1) is 0 Å². The third-order valence-corrected chi connectivity index (χ3v) is 7.22. The molecule has 0 radical (unpaired) electrons. The second-order valence-electron chi connectivity index (χ2n) is 5.66. The van der Waals surface area contributed by atoms with Gasteiger partial charge in [-0.05, 0) is 30.7 Å². The minimum absolute atomic E-state index is 0.120. The van der Waals surface area contributed by atoms with Crippen molar-refractivity contribution < 1.29 is 22.7 Å². The number of carbonyl (C=O) groups is 2. The number of carbonyl (C=O) groups excluding carboxylic acids is 2. The molecule has 0 saturated carbocycles. The molecule has 1 atom stereocenters. The maximum absolute atomic E-state index is 12.6. The maximum atomic E-state index is 12.6. The summed E-state index contributed by atoms with van der Waals surface area (Å²) < 4.78 is 31.8. The fourth-order valence-electron chi connectivity index (χ4n) is 2.64. The predicted octanol–water partition coefficient (Wildman–Crippen LogP) is 0.170. The molecule has 10 heteroatoms. The molecular formula is C15H23N3O5S2. The minimum atomic E-state index is -3.55. The Bertz CT molecular complexity index is 675. The molecule has 1 aromatic rings. The van der Waals surface area contributed by atoms with Crippen molar-refractivity contribution in [3.8, 4) is 0 Å². The van der Waals surface area contributed by atoms with Gasteiger partial charge in [-0.1, -0.05) is 6.07 Å². The second-order valence-corrected chi connectivity index (χ2v) is 8.72. The van der Waals surface area contributed by atoms with Gasteiger partial charge in [0, 0.05) is 39.4 Å². The Morgan fingerprint density at radius 2 is 2.12 bits per heavy atom. The quantitative estimate of drug-likeness (QED) is 0.487. The first kappa shape index (κ1) is 19.8. The summed E-state index contributed by atoms with van der Waals surface area (Å²) in [6, 6.07) is 2.93. The summed E-state index contributed by atoms with van der Waals surface area (Å²) in [4.78, 5) is 23.5. The van der Waals surface area contributed by atoms with Crippen molar-refractivity contribution >= 4 is 33.2 Å². The highest BCUT2D eigenvalue weighted by molar-refractivity contribution is 7.91. The maximum Gasteiger partial charge on any atom is 0.309 e. The molecule has 1 aliphatic heterocycles. The number of ether oxygens (including phenoxy) is 1. The van der Waals surface area contributed by atoms with Crippen molar-refractivity contribution in [2.45, 2.75) is 29.5 Å². The topological polar surface area (TPSA) is 105 Å². The zero-order valence-electron chi connectivity index (χ0n) is 14.1. The number of sulfonamides is 1. The summed E-state index contributed by atoms with van der Waals surface area (Å²) >= 11 is 1.17. The average Bonchev–Trinajstić information content (AvgIpc) is 3.28. The van der Waals surface area contributed by atoms with Crippen LogP contribution in [0.1, 0.15) is 19.3 Å². The van der Waals surface area contributed by atoms with Crippen LogP contribution in [0.25, 0.3) is 0 Å². The molecule has 0 aromatic carbocycles. The smallest absolute Gasteiger partial charge is 0.309 e. The largest absolute Gasteiger partial charge is 0.385 e. The van der Waals surface area contributed by atoms with Crippen LogP contribution in [0.3, 0.4) is 0 Å². The molecule has 1 saturated heterocycles. The van der Waals surface area contributed by atoms with E-state index in [1.54, 1.807) is 24.6 Å². The van der Waals surface area contributed by atoms with Crippen molar-refractivity contribution in [3.05, 3.63) is 17.5 Å². The Hall–Kier alpha value is -1.49. The lowest BCUT2D eigenvalue weighted by Crippen LogP contribution is -2.47. The number of nitrogens with zero attached hydrogens (tertiary/aromatic N) is 1. The molecule has 2 heterocycles. The third kappa shape index (κ3) is 5.24. The molecule has 140 valence electrons. The number of nitrogens with one attached hydrogen (secondary N) is 2. The van der Waals surface area contributed by atoms with Gasteiger partial charge in [0.1, 0.15) is 4.21 Å². The van der Waals surface area contributed by atoms with E-state index in [1.807, 2.05) is 0 Å². The Morgan fingerprint density at radius 3 is 2.80 bits per heavy atom. The van der Waals surface area contributed by atoms with Crippen LogP contribution in [-0.4, -0.2) is 63.9 Å². The van der Waals surface area contributed by atoms with E-state index in [9.17, 15) is 18.0 Å². The Morgan fingerprint density at radius 1 is 1.36 bits per heavy atom. The van der Waals surface area contributed by atoms with E-state index in [2.05, 4.69) is 10.6 Å². The summed E-state index contributed by atoms with van der Waals surface area (Å²) in [5, 5.41) is 6.74. The first-order valence-electron chi connectivity index (χ1n) is 8.07. The van der Waals surface area contributed by atoms with Gasteiger partial charge in [0.15, 0.2) is 0 Å². The number of amides is 2. The lowest BCUT2D eigenvalue weighted by atomic mass is 10.2. The van der Waals surface area contributed by atoms with E-state index in [0.717, 1.165) is 6.42 Å². The molecule has 1 fully saturated rings. The summed E-state index contributed by atoms with van der Waals surface area (Å²) in [7, 11) is -1.99. The zero-order valence-corrected chi connectivity index (χ0v) is 15.7. The number of methoxy groups -OCH3 is 1. The summed E-state index contributed by atoms with van der Waals surface area (Å²) in [6.45, 7) is 1.39. The highest BCUT2D eigenvalue weighted by Crippen LogP contribution is 2.28. The summed E-state index contributed by atoms with van der Waals surface area (Å²) in [5.74, 6) is -1.47. The number of hydrogen-bond donors (Lipinski definition) is 2. The van der Waals surface area contributed by atoms with Crippen LogP contribution < -0.4 is 10.6 Å². The van der Waals surface area contributed by atoms with Crippen molar-refractivity contribution in [3.63, 3.8) is 0 Å². The SMILES string of the molecule is COCCCNC(=O)C(=O)NC[C@@H]1CCCN1S(=O)(=O)c1cccs1. The first-order valence-corrected chi connectivity index (χ1v) is 10.4. The van der Waals surface area contributed by atoms with Crippen LogP contribution in [0, 0.1) is 0 Å². The minimum Gasteiger partial charge on any atom is -0.385 e. The van der Waals surface area contributed by atoms with Crippen LogP contribution in [-0.2, 0) is 24.3 Å². The van der Waals surface area contributed by atoms with Crippen LogP contribution in [0.5, 0.6) is 0 Å². The fourth-order valence-corrected chi connectivity index (χ4v) is 5.46. The zero-order chi connectivity index (χ0) is 18.3. The van der Waals surface area contributed by atoms with Gasteiger partial charge in [-0.25, -0.2) is 8.42 Å².